The van der Waals surface area contributed by atoms with Crippen LogP contribution in [0.25, 0.3) is 16.9 Å². The molecule has 0 aliphatic heterocycles. The van der Waals surface area contributed by atoms with E-state index < -0.39 is 5.97 Å². The zero-order valence-electron chi connectivity index (χ0n) is 12.3. The fourth-order valence-electron chi connectivity index (χ4n) is 2.46. The van der Waals surface area contributed by atoms with Gasteiger partial charge in [-0.2, -0.15) is 0 Å². The van der Waals surface area contributed by atoms with Crippen molar-refractivity contribution in [1.82, 2.24) is 9.38 Å². The second-order valence-electron chi connectivity index (χ2n) is 5.05. The first-order valence-corrected chi connectivity index (χ1v) is 7.74. The molecule has 3 rings (SSSR count). The van der Waals surface area contributed by atoms with Crippen LogP contribution in [0.15, 0.2) is 34.9 Å². The van der Waals surface area contributed by atoms with Gasteiger partial charge in [-0.25, -0.2) is 9.78 Å². The number of nitrogens with zero attached hydrogens (tertiary/aromatic N) is 2. The average Bonchev–Trinajstić information content (AvgIpc) is 2.90. The molecule has 120 valence electrons. The molecule has 0 aliphatic rings. The second-order valence-corrected chi connectivity index (χ2v) is 6.32. The van der Waals surface area contributed by atoms with Gasteiger partial charge in [-0.1, -0.05) is 39.7 Å². The molecule has 1 N–H and O–H groups in total. The quantitative estimate of drug-likeness (QED) is 0.588. The molecular weight excluding hydrogens is 403 g/mol. The van der Waals surface area contributed by atoms with Crippen molar-refractivity contribution >= 4 is 51.6 Å². The van der Waals surface area contributed by atoms with Gasteiger partial charge in [-0.05, 0) is 37.1 Å². The molecule has 4 nitrogen and oxygen atoms in total. The predicted octanol–water partition coefficient (Wildman–Crippen LogP) is 5.15. The Hall–Kier alpha value is -1.56. The summed E-state index contributed by atoms with van der Waals surface area (Å²) in [6.45, 7) is 3.60. The Kier molecular flexibility index (Phi) is 5.04. The summed E-state index contributed by atoms with van der Waals surface area (Å²) in [6.07, 6.45) is 1.76. The summed E-state index contributed by atoms with van der Waals surface area (Å²) < 4.78 is 2.58. The molecule has 0 atom stereocenters. The van der Waals surface area contributed by atoms with Crippen molar-refractivity contribution in [1.29, 1.82) is 0 Å². The van der Waals surface area contributed by atoms with Crippen molar-refractivity contribution in [2.75, 3.05) is 0 Å². The molecule has 2 aromatic heterocycles. The lowest BCUT2D eigenvalue weighted by Crippen LogP contribution is -2.07. The number of aromatic nitrogens is 2. The fraction of sp³-hybridized carbons (Fsp3) is 0.125. The lowest BCUT2D eigenvalue weighted by Gasteiger charge is -2.09. The van der Waals surface area contributed by atoms with Crippen LogP contribution < -0.4 is 0 Å². The van der Waals surface area contributed by atoms with Crippen molar-refractivity contribution in [3.8, 4) is 11.3 Å². The van der Waals surface area contributed by atoms with Crippen molar-refractivity contribution in [2.45, 2.75) is 13.8 Å². The van der Waals surface area contributed by atoms with Gasteiger partial charge < -0.3 is 5.11 Å². The summed E-state index contributed by atoms with van der Waals surface area (Å²) in [5.74, 6) is -1.04. The molecule has 23 heavy (non-hydrogen) atoms. The Morgan fingerprint density at radius 2 is 2.00 bits per heavy atom. The van der Waals surface area contributed by atoms with E-state index in [0.717, 1.165) is 21.3 Å². The van der Waals surface area contributed by atoms with E-state index in [9.17, 15) is 9.90 Å². The molecule has 0 amide bonds. The number of benzene rings is 1. The minimum Gasteiger partial charge on any atom is -0.478 e. The molecule has 0 fully saturated rings. The van der Waals surface area contributed by atoms with Gasteiger partial charge in [0.1, 0.15) is 10.8 Å². The van der Waals surface area contributed by atoms with Gasteiger partial charge in [-0.15, -0.1) is 12.4 Å². The van der Waals surface area contributed by atoms with E-state index in [1.165, 1.54) is 0 Å². The molecule has 0 aliphatic carbocycles. The van der Waals surface area contributed by atoms with E-state index in [1.54, 1.807) is 17.5 Å². The third-order valence-corrected chi connectivity index (χ3v) is 4.60. The summed E-state index contributed by atoms with van der Waals surface area (Å²) in [5, 5.41) is 9.53. The topological polar surface area (TPSA) is 54.6 Å². The molecule has 2 heterocycles. The van der Waals surface area contributed by atoms with E-state index in [0.29, 0.717) is 11.2 Å². The van der Waals surface area contributed by atoms with Gasteiger partial charge in [-0.3, -0.25) is 4.40 Å². The van der Waals surface area contributed by atoms with E-state index in [-0.39, 0.29) is 23.1 Å². The molecule has 7 heteroatoms. The number of hydrogen-bond donors (Lipinski definition) is 1. The van der Waals surface area contributed by atoms with E-state index in [1.807, 2.05) is 31.2 Å². The van der Waals surface area contributed by atoms with Gasteiger partial charge in [0.2, 0.25) is 0 Å². The number of aryl methyl sites for hydroxylation is 1. The van der Waals surface area contributed by atoms with Crippen LogP contribution in [-0.2, 0) is 0 Å². The maximum atomic E-state index is 11.4. The number of pyridine rings is 1. The van der Waals surface area contributed by atoms with Crippen molar-refractivity contribution in [2.24, 2.45) is 0 Å². The number of carboxylic acid groups (broad SMARTS) is 1. The molecular formula is C16H13BrCl2N2O2. The first kappa shape index (κ1) is 17.8. The third-order valence-electron chi connectivity index (χ3n) is 3.73. The minimum absolute atomic E-state index is 0. The van der Waals surface area contributed by atoms with Crippen LogP contribution in [0.5, 0.6) is 0 Å². The van der Waals surface area contributed by atoms with Crippen LogP contribution in [-0.4, -0.2) is 20.5 Å². The maximum Gasteiger partial charge on any atom is 0.339 e. The Morgan fingerprint density at radius 3 is 2.61 bits per heavy atom. The lowest BCUT2D eigenvalue weighted by atomic mass is 10.1. The largest absolute Gasteiger partial charge is 0.478 e. The van der Waals surface area contributed by atoms with Crippen molar-refractivity contribution in [3.63, 3.8) is 0 Å². The van der Waals surface area contributed by atoms with Crippen molar-refractivity contribution in [3.05, 3.63) is 56.8 Å². The minimum atomic E-state index is -1.04. The summed E-state index contributed by atoms with van der Waals surface area (Å²) in [4.78, 5) is 16.0. The Labute approximate surface area is 152 Å². The SMILES string of the molecule is Cc1c(C(=O)O)c(Cl)n2cc(-c3cccc(Br)c3)nc2c1C.Cl. The van der Waals surface area contributed by atoms with Crippen LogP contribution in [0.4, 0.5) is 0 Å². The number of aromatic carboxylic acids is 1. The summed E-state index contributed by atoms with van der Waals surface area (Å²) in [5.41, 5.74) is 3.91. The van der Waals surface area contributed by atoms with Gasteiger partial charge >= 0.3 is 5.97 Å². The van der Waals surface area contributed by atoms with Gasteiger partial charge in [0.15, 0.2) is 0 Å². The second kappa shape index (κ2) is 6.51. The number of imidazole rings is 1. The molecule has 3 aromatic rings. The van der Waals surface area contributed by atoms with Gasteiger partial charge in [0, 0.05) is 16.2 Å². The zero-order chi connectivity index (χ0) is 16.0. The monoisotopic (exact) mass is 414 g/mol. The number of hydrogen-bond acceptors (Lipinski definition) is 2. The molecule has 1 aromatic carbocycles. The standard InChI is InChI=1S/C16H12BrClN2O2.ClH/c1-8-9(2)15-19-12(10-4-3-5-11(17)6-10)7-20(15)14(18)13(8)16(21)22;/h3-7H,1-2H3,(H,21,22);1H. The lowest BCUT2D eigenvalue weighted by molar-refractivity contribution is 0.0695. The van der Waals surface area contributed by atoms with Gasteiger partial charge in [0.05, 0.1) is 11.3 Å². The molecule has 0 saturated carbocycles. The Balaban J connectivity index is 0.00000192. The van der Waals surface area contributed by atoms with E-state index in [4.69, 9.17) is 11.6 Å². The van der Waals surface area contributed by atoms with Crippen LogP contribution in [0, 0.1) is 13.8 Å². The Morgan fingerprint density at radius 1 is 1.30 bits per heavy atom. The van der Waals surface area contributed by atoms with Crippen LogP contribution >= 0.6 is 39.9 Å². The zero-order valence-corrected chi connectivity index (χ0v) is 15.5. The van der Waals surface area contributed by atoms with Crippen LogP contribution in [0.3, 0.4) is 0 Å². The van der Waals surface area contributed by atoms with E-state index in [2.05, 4.69) is 20.9 Å². The Bertz CT molecular complexity index is 922. The number of carbonyl (C=O) groups is 1. The number of carboxylic acids is 1. The highest BCUT2D eigenvalue weighted by Gasteiger charge is 2.20. The summed E-state index contributed by atoms with van der Waals surface area (Å²) in [7, 11) is 0. The predicted molar refractivity (Wildman–Crippen MR) is 97.0 cm³/mol. The van der Waals surface area contributed by atoms with Crippen LogP contribution in [0.2, 0.25) is 5.15 Å². The smallest absolute Gasteiger partial charge is 0.339 e. The highest BCUT2D eigenvalue weighted by Crippen LogP contribution is 2.30. The fourth-order valence-corrected chi connectivity index (χ4v) is 3.21. The first-order chi connectivity index (χ1) is 10.4. The average molecular weight is 416 g/mol. The number of rotatable bonds is 2. The highest BCUT2D eigenvalue weighted by molar-refractivity contribution is 9.10. The van der Waals surface area contributed by atoms with Crippen LogP contribution in [0.1, 0.15) is 21.5 Å². The molecule has 0 saturated heterocycles. The normalized spacial score (nSPS) is 10.6. The highest BCUT2D eigenvalue weighted by atomic mass is 79.9. The molecule has 0 unspecified atom stereocenters. The molecule has 0 radical (unpaired) electrons. The van der Waals surface area contributed by atoms with Gasteiger partial charge in [0.25, 0.3) is 0 Å². The molecule has 0 spiro atoms. The summed E-state index contributed by atoms with van der Waals surface area (Å²) in [6, 6.07) is 7.76. The number of fused-ring (bicyclic) bond motifs is 1. The van der Waals surface area contributed by atoms with Crippen molar-refractivity contribution < 1.29 is 9.90 Å². The number of halogens is 3. The maximum absolute atomic E-state index is 11.4. The first-order valence-electron chi connectivity index (χ1n) is 6.57. The van der Waals surface area contributed by atoms with E-state index >= 15 is 0 Å². The summed E-state index contributed by atoms with van der Waals surface area (Å²) >= 11 is 9.71. The third kappa shape index (κ3) is 2.96. The molecule has 0 bridgehead atoms.